The number of hydrogen-bond acceptors (Lipinski definition) is 1. The Kier molecular flexibility index (Phi) is 6.98. The predicted molar refractivity (Wildman–Crippen MR) is 66.7 cm³/mol. The molecule has 1 aromatic rings. The Hall–Kier alpha value is -0.890. The third-order valence-electron chi connectivity index (χ3n) is 2.22. The van der Waals surface area contributed by atoms with E-state index in [2.05, 4.69) is 13.8 Å². The largest absolute Gasteiger partial charge is 0.294 e. The zero-order chi connectivity index (χ0) is 12.7. The minimum atomic E-state index is -0.510. The van der Waals surface area contributed by atoms with Crippen LogP contribution in [0.5, 0.6) is 0 Å². The predicted octanol–water partition coefficient (Wildman–Crippen LogP) is 4.80. The van der Waals surface area contributed by atoms with Gasteiger partial charge in [-0.3, -0.25) is 4.79 Å². The third-order valence-corrected chi connectivity index (χ3v) is 2.51. The van der Waals surface area contributed by atoms with Gasteiger partial charge in [0.25, 0.3) is 0 Å². The van der Waals surface area contributed by atoms with Crippen molar-refractivity contribution in [3.05, 3.63) is 34.1 Å². The molecule has 3 heteroatoms. The Bertz CT molecular complexity index is 359. The molecule has 0 aliphatic heterocycles. The number of carbonyl (C=O) groups excluding carboxylic acids is 1. The van der Waals surface area contributed by atoms with Crippen molar-refractivity contribution < 1.29 is 9.18 Å². The normalized spacial score (nSPS) is 9.38. The highest BCUT2D eigenvalue weighted by Gasteiger charge is 2.10. The summed E-state index contributed by atoms with van der Waals surface area (Å²) in [7, 11) is 0. The Balaban J connectivity index is 0.000000487. The minimum Gasteiger partial charge on any atom is -0.294 e. The lowest BCUT2D eigenvalue weighted by Crippen LogP contribution is -1.98. The summed E-state index contributed by atoms with van der Waals surface area (Å²) >= 11 is 5.50. The van der Waals surface area contributed by atoms with Crippen LogP contribution in [0.2, 0.25) is 5.02 Å². The number of benzene rings is 1. The van der Waals surface area contributed by atoms with Gasteiger partial charge in [-0.1, -0.05) is 38.3 Å². The minimum absolute atomic E-state index is 0.0532. The van der Waals surface area contributed by atoms with Gasteiger partial charge < -0.3 is 0 Å². The van der Waals surface area contributed by atoms with Crippen LogP contribution in [0.4, 0.5) is 4.39 Å². The second kappa shape index (κ2) is 7.39. The molecule has 90 valence electrons. The molecule has 1 aromatic carbocycles. The quantitative estimate of drug-likeness (QED) is 0.683. The van der Waals surface area contributed by atoms with E-state index >= 15 is 0 Å². The first-order valence-electron chi connectivity index (χ1n) is 5.41. The van der Waals surface area contributed by atoms with E-state index in [1.165, 1.54) is 38.8 Å². The maximum absolute atomic E-state index is 13.1. The van der Waals surface area contributed by atoms with Gasteiger partial charge in [-0.05, 0) is 31.5 Å². The summed E-state index contributed by atoms with van der Waals surface area (Å²) < 4.78 is 13.1. The zero-order valence-corrected chi connectivity index (χ0v) is 11.0. The van der Waals surface area contributed by atoms with Gasteiger partial charge in [0, 0.05) is 5.56 Å². The van der Waals surface area contributed by atoms with E-state index in [9.17, 15) is 9.18 Å². The molecule has 0 saturated heterocycles. The van der Waals surface area contributed by atoms with Crippen LogP contribution >= 0.6 is 11.6 Å². The van der Waals surface area contributed by atoms with Gasteiger partial charge in [0.15, 0.2) is 5.78 Å². The molecule has 0 saturated carbocycles. The summed E-state index contributed by atoms with van der Waals surface area (Å²) in [4.78, 5) is 10.9. The van der Waals surface area contributed by atoms with Crippen LogP contribution in [0.25, 0.3) is 0 Å². The van der Waals surface area contributed by atoms with E-state index in [1.807, 2.05) is 0 Å². The van der Waals surface area contributed by atoms with Crippen molar-refractivity contribution in [2.75, 3.05) is 0 Å². The first-order valence-corrected chi connectivity index (χ1v) is 5.78. The Morgan fingerprint density at radius 3 is 2.19 bits per heavy atom. The summed E-state index contributed by atoms with van der Waals surface area (Å²) in [5.41, 5.74) is 0.701. The van der Waals surface area contributed by atoms with Crippen LogP contribution in [0.3, 0.4) is 0 Å². The summed E-state index contributed by atoms with van der Waals surface area (Å²) in [5.74, 6) is -0.660. The molecule has 0 aliphatic rings. The molecule has 0 aliphatic carbocycles. The molecule has 0 aromatic heterocycles. The van der Waals surface area contributed by atoms with Crippen molar-refractivity contribution in [1.82, 2.24) is 0 Å². The molecule has 0 heterocycles. The van der Waals surface area contributed by atoms with Gasteiger partial charge in [-0.2, -0.15) is 0 Å². The van der Waals surface area contributed by atoms with Crippen LogP contribution < -0.4 is 0 Å². The van der Waals surface area contributed by atoms with E-state index in [0.717, 1.165) is 0 Å². The lowest BCUT2D eigenvalue weighted by molar-refractivity contribution is 0.101. The van der Waals surface area contributed by atoms with Gasteiger partial charge >= 0.3 is 0 Å². The second-order valence-electron chi connectivity index (χ2n) is 3.59. The molecule has 0 spiro atoms. The molecule has 1 nitrogen and oxygen atoms in total. The van der Waals surface area contributed by atoms with Crippen LogP contribution in [-0.4, -0.2) is 5.78 Å². The Labute approximate surface area is 102 Å². The van der Waals surface area contributed by atoms with Crippen molar-refractivity contribution in [2.24, 2.45) is 0 Å². The van der Waals surface area contributed by atoms with Crippen LogP contribution in [-0.2, 0) is 0 Å². The summed E-state index contributed by atoms with van der Waals surface area (Å²) in [6, 6.07) is 2.92. The van der Waals surface area contributed by atoms with E-state index in [1.54, 1.807) is 0 Å². The fraction of sp³-hybridized carbons (Fsp3) is 0.462. The molecule has 0 N–H and O–H groups in total. The zero-order valence-electron chi connectivity index (χ0n) is 10.2. The van der Waals surface area contributed by atoms with Crippen molar-refractivity contribution in [1.29, 1.82) is 0 Å². The van der Waals surface area contributed by atoms with Crippen LogP contribution in [0, 0.1) is 12.7 Å². The highest BCUT2D eigenvalue weighted by Crippen LogP contribution is 2.21. The average molecular weight is 245 g/mol. The van der Waals surface area contributed by atoms with E-state index in [0.29, 0.717) is 11.1 Å². The molecule has 0 radical (unpaired) electrons. The van der Waals surface area contributed by atoms with Crippen molar-refractivity contribution in [2.45, 2.75) is 40.5 Å². The van der Waals surface area contributed by atoms with Crippen LogP contribution in [0.15, 0.2) is 12.1 Å². The maximum Gasteiger partial charge on any atom is 0.160 e. The number of halogens is 2. The fourth-order valence-corrected chi connectivity index (χ4v) is 1.24. The topological polar surface area (TPSA) is 17.1 Å². The lowest BCUT2D eigenvalue weighted by Gasteiger charge is -2.03. The van der Waals surface area contributed by atoms with Crippen molar-refractivity contribution in [3.63, 3.8) is 0 Å². The molecular formula is C13H18ClFO. The van der Waals surface area contributed by atoms with Gasteiger partial charge in [-0.25, -0.2) is 4.39 Å². The molecule has 0 atom stereocenters. The molecule has 0 fully saturated rings. The number of carbonyl (C=O) groups is 1. The number of Topliss-reactive ketones (excluding diaryl/α,β-unsaturated/α-hetero) is 1. The fourth-order valence-electron chi connectivity index (χ4n) is 1.03. The van der Waals surface area contributed by atoms with E-state index < -0.39 is 5.82 Å². The highest BCUT2D eigenvalue weighted by atomic mass is 35.5. The van der Waals surface area contributed by atoms with Crippen molar-refractivity contribution >= 4 is 17.4 Å². The SMILES string of the molecule is CC(=O)c1ccc(Cl)c(F)c1C.CCCC. The second-order valence-corrected chi connectivity index (χ2v) is 4.00. The van der Waals surface area contributed by atoms with Crippen LogP contribution in [0.1, 0.15) is 49.5 Å². The first-order chi connectivity index (χ1) is 7.45. The highest BCUT2D eigenvalue weighted by molar-refractivity contribution is 6.30. The number of hydrogen-bond donors (Lipinski definition) is 0. The van der Waals surface area contributed by atoms with Gasteiger partial charge in [0.2, 0.25) is 0 Å². The molecule has 16 heavy (non-hydrogen) atoms. The standard InChI is InChI=1S/C9H8ClFO.C4H10/c1-5-7(6(2)12)3-4-8(10)9(5)11;1-3-4-2/h3-4H,1-2H3;3-4H2,1-2H3. The third kappa shape index (κ3) is 4.31. The maximum atomic E-state index is 13.1. The number of rotatable bonds is 2. The summed E-state index contributed by atoms with van der Waals surface area (Å²) in [6.07, 6.45) is 2.64. The summed E-state index contributed by atoms with van der Waals surface area (Å²) in [5, 5.41) is 0.0532. The smallest absolute Gasteiger partial charge is 0.160 e. The molecule has 0 unspecified atom stereocenters. The molecule has 0 amide bonds. The monoisotopic (exact) mass is 244 g/mol. The summed E-state index contributed by atoms with van der Waals surface area (Å²) in [6.45, 7) is 7.30. The number of unbranched alkanes of at least 4 members (excludes halogenated alkanes) is 1. The Morgan fingerprint density at radius 2 is 1.81 bits per heavy atom. The van der Waals surface area contributed by atoms with Gasteiger partial charge in [0.05, 0.1) is 5.02 Å². The van der Waals surface area contributed by atoms with Gasteiger partial charge in [-0.15, -0.1) is 0 Å². The van der Waals surface area contributed by atoms with Gasteiger partial charge in [0.1, 0.15) is 5.82 Å². The molecule has 1 rings (SSSR count). The average Bonchev–Trinajstić information content (AvgIpc) is 2.26. The first kappa shape index (κ1) is 15.1. The van der Waals surface area contributed by atoms with E-state index in [-0.39, 0.29) is 10.8 Å². The molecule has 0 bridgehead atoms. The molecular weight excluding hydrogens is 227 g/mol. The van der Waals surface area contributed by atoms with E-state index in [4.69, 9.17) is 11.6 Å². The lowest BCUT2D eigenvalue weighted by atomic mass is 10.1. The van der Waals surface area contributed by atoms with Crippen molar-refractivity contribution in [3.8, 4) is 0 Å². The Morgan fingerprint density at radius 1 is 1.31 bits per heavy atom. The number of ketones is 1.